The topological polar surface area (TPSA) is 26.2 Å². The van der Waals surface area contributed by atoms with Gasteiger partial charge in [-0.2, -0.15) is 0 Å². The van der Waals surface area contributed by atoms with E-state index in [4.69, 9.17) is 4.74 Å². The summed E-state index contributed by atoms with van der Waals surface area (Å²) in [5, 5.41) is 3.37. The molecule has 17 heavy (non-hydrogen) atoms. The highest BCUT2D eigenvalue weighted by atomic mass is 16.5. The van der Waals surface area contributed by atoms with Crippen molar-refractivity contribution in [2.24, 2.45) is 0 Å². The van der Waals surface area contributed by atoms with E-state index in [1.54, 1.807) is 0 Å². The van der Waals surface area contributed by atoms with Gasteiger partial charge in [-0.3, -0.25) is 0 Å². The summed E-state index contributed by atoms with van der Waals surface area (Å²) in [6, 6.07) is 2.22. The van der Waals surface area contributed by atoms with Crippen molar-refractivity contribution in [3.05, 3.63) is 23.5 Å². The van der Waals surface area contributed by atoms with Crippen molar-refractivity contribution in [2.45, 2.75) is 58.9 Å². The van der Waals surface area contributed by atoms with E-state index in [1.807, 2.05) is 0 Å². The van der Waals surface area contributed by atoms with Gasteiger partial charge in [0.25, 0.3) is 0 Å². The molecule has 1 aliphatic heterocycles. The van der Waals surface area contributed by atoms with Crippen molar-refractivity contribution in [3.8, 4) is 0 Å². The molecule has 0 aromatic carbocycles. The summed E-state index contributed by atoms with van der Waals surface area (Å²) in [5.41, 5.74) is 2.77. The molecule has 1 N–H and O–H groups in total. The zero-order chi connectivity index (χ0) is 12.3. The molecule has 0 spiro atoms. The van der Waals surface area contributed by atoms with E-state index < -0.39 is 0 Å². The molecule has 1 saturated heterocycles. The van der Waals surface area contributed by atoms with Crippen LogP contribution in [0.3, 0.4) is 0 Å². The Labute approximate surface area is 104 Å². The fraction of sp³-hybridized carbons (Fsp3) is 0.714. The molecule has 96 valence electrons. The number of nitrogens with one attached hydrogen (secondary N) is 1. The van der Waals surface area contributed by atoms with Gasteiger partial charge in [0.2, 0.25) is 0 Å². The van der Waals surface area contributed by atoms with Crippen LogP contribution < -0.4 is 5.32 Å². The first-order valence-corrected chi connectivity index (χ1v) is 6.71. The molecule has 2 heterocycles. The van der Waals surface area contributed by atoms with Gasteiger partial charge in [-0.05, 0) is 44.9 Å². The molecule has 1 aliphatic rings. The van der Waals surface area contributed by atoms with Crippen molar-refractivity contribution in [2.75, 3.05) is 6.54 Å². The third kappa shape index (κ3) is 3.11. The molecule has 1 fully saturated rings. The Morgan fingerprint density at radius 3 is 2.94 bits per heavy atom. The second-order valence-electron chi connectivity index (χ2n) is 5.01. The lowest BCUT2D eigenvalue weighted by Gasteiger charge is -2.14. The van der Waals surface area contributed by atoms with Crippen molar-refractivity contribution >= 4 is 0 Å². The van der Waals surface area contributed by atoms with Crippen LogP contribution in [0.2, 0.25) is 0 Å². The van der Waals surface area contributed by atoms with E-state index >= 15 is 0 Å². The van der Waals surface area contributed by atoms with E-state index in [0.717, 1.165) is 19.6 Å². The Hall–Kier alpha value is -0.800. The predicted molar refractivity (Wildman–Crippen MR) is 70.1 cm³/mol. The van der Waals surface area contributed by atoms with Crippen LogP contribution in [0.1, 0.15) is 37.9 Å². The van der Waals surface area contributed by atoms with Gasteiger partial charge in [-0.1, -0.05) is 6.92 Å². The fourth-order valence-electron chi connectivity index (χ4n) is 2.48. The Morgan fingerprint density at radius 2 is 2.29 bits per heavy atom. The molecular weight excluding hydrogens is 212 g/mol. The molecular formula is C14H24N2O. The molecule has 0 bridgehead atoms. The summed E-state index contributed by atoms with van der Waals surface area (Å²) in [5.74, 6) is 0. The molecule has 0 saturated carbocycles. The van der Waals surface area contributed by atoms with Crippen LogP contribution >= 0.6 is 0 Å². The quantitative estimate of drug-likeness (QED) is 0.850. The molecule has 3 heteroatoms. The monoisotopic (exact) mass is 236 g/mol. The summed E-state index contributed by atoms with van der Waals surface area (Å²) < 4.78 is 8.20. The largest absolute Gasteiger partial charge is 0.373 e. The highest BCUT2D eigenvalue weighted by Crippen LogP contribution is 2.21. The maximum atomic E-state index is 5.87. The van der Waals surface area contributed by atoms with Crippen molar-refractivity contribution < 1.29 is 4.74 Å². The molecule has 1 aromatic heterocycles. The van der Waals surface area contributed by atoms with E-state index in [2.05, 4.69) is 42.9 Å². The molecule has 2 atom stereocenters. The molecule has 1 aromatic rings. The summed E-state index contributed by atoms with van der Waals surface area (Å²) in [4.78, 5) is 0. The molecule has 2 rings (SSSR count). The first-order chi connectivity index (χ1) is 8.20. The fourth-order valence-corrected chi connectivity index (χ4v) is 2.48. The SMILES string of the molecule is CCNCc1ccn(CC2CCC(C)O2)c1C. The summed E-state index contributed by atoms with van der Waals surface area (Å²) in [6.45, 7) is 9.50. The van der Waals surface area contributed by atoms with E-state index in [-0.39, 0.29) is 0 Å². The van der Waals surface area contributed by atoms with E-state index in [0.29, 0.717) is 12.2 Å². The van der Waals surface area contributed by atoms with Crippen LogP contribution in [-0.2, 0) is 17.8 Å². The first-order valence-electron chi connectivity index (χ1n) is 6.71. The summed E-state index contributed by atoms with van der Waals surface area (Å²) in [7, 11) is 0. The van der Waals surface area contributed by atoms with Gasteiger partial charge < -0.3 is 14.6 Å². The molecule has 2 unspecified atom stereocenters. The second kappa shape index (κ2) is 5.69. The third-order valence-electron chi connectivity index (χ3n) is 3.64. The molecule has 3 nitrogen and oxygen atoms in total. The second-order valence-corrected chi connectivity index (χ2v) is 5.01. The highest BCUT2D eigenvalue weighted by molar-refractivity contribution is 5.21. The number of ether oxygens (including phenoxy) is 1. The maximum Gasteiger partial charge on any atom is 0.0758 e. The smallest absolute Gasteiger partial charge is 0.0758 e. The van der Waals surface area contributed by atoms with Crippen LogP contribution in [0.5, 0.6) is 0 Å². The molecule has 0 radical (unpaired) electrons. The average Bonchev–Trinajstić information content (AvgIpc) is 2.86. The number of nitrogens with zero attached hydrogens (tertiary/aromatic N) is 1. The molecule has 0 aliphatic carbocycles. The van der Waals surface area contributed by atoms with E-state index in [9.17, 15) is 0 Å². The summed E-state index contributed by atoms with van der Waals surface area (Å²) in [6.07, 6.45) is 5.44. The lowest BCUT2D eigenvalue weighted by Crippen LogP contribution is -2.17. The number of hydrogen-bond acceptors (Lipinski definition) is 2. The zero-order valence-electron chi connectivity index (χ0n) is 11.2. The zero-order valence-corrected chi connectivity index (χ0v) is 11.2. The standard InChI is InChI=1S/C14H24N2O/c1-4-15-9-13-7-8-16(12(13)3)10-14-6-5-11(2)17-14/h7-8,11,14-15H,4-6,9-10H2,1-3H3. The number of aromatic nitrogens is 1. The lowest BCUT2D eigenvalue weighted by molar-refractivity contribution is 0.0455. The normalized spacial score (nSPS) is 24.4. The maximum absolute atomic E-state index is 5.87. The van der Waals surface area contributed by atoms with Crippen LogP contribution in [0.4, 0.5) is 0 Å². The van der Waals surface area contributed by atoms with Crippen LogP contribution in [0.25, 0.3) is 0 Å². The van der Waals surface area contributed by atoms with Crippen molar-refractivity contribution in [1.82, 2.24) is 9.88 Å². The van der Waals surface area contributed by atoms with E-state index in [1.165, 1.54) is 24.1 Å². The van der Waals surface area contributed by atoms with Gasteiger partial charge in [0.05, 0.1) is 12.2 Å². The number of rotatable bonds is 5. The van der Waals surface area contributed by atoms with Crippen molar-refractivity contribution in [3.63, 3.8) is 0 Å². The van der Waals surface area contributed by atoms with Gasteiger partial charge in [-0.15, -0.1) is 0 Å². The molecule has 0 amide bonds. The third-order valence-corrected chi connectivity index (χ3v) is 3.64. The number of hydrogen-bond donors (Lipinski definition) is 1. The average molecular weight is 236 g/mol. The summed E-state index contributed by atoms with van der Waals surface area (Å²) >= 11 is 0. The minimum absolute atomic E-state index is 0.406. The Morgan fingerprint density at radius 1 is 1.47 bits per heavy atom. The van der Waals surface area contributed by atoms with Crippen molar-refractivity contribution in [1.29, 1.82) is 0 Å². The Bertz CT molecular complexity index is 359. The van der Waals surface area contributed by atoms with Gasteiger partial charge in [0.15, 0.2) is 0 Å². The van der Waals surface area contributed by atoms with Gasteiger partial charge in [0.1, 0.15) is 0 Å². The lowest BCUT2D eigenvalue weighted by atomic mass is 10.2. The Balaban J connectivity index is 1.94. The minimum Gasteiger partial charge on any atom is -0.373 e. The minimum atomic E-state index is 0.406. The van der Waals surface area contributed by atoms with Crippen LogP contribution in [-0.4, -0.2) is 23.3 Å². The van der Waals surface area contributed by atoms with Gasteiger partial charge in [0, 0.05) is 25.0 Å². The first kappa shape index (κ1) is 12.7. The van der Waals surface area contributed by atoms with Gasteiger partial charge >= 0.3 is 0 Å². The van der Waals surface area contributed by atoms with Crippen LogP contribution in [0.15, 0.2) is 12.3 Å². The predicted octanol–water partition coefficient (Wildman–Crippen LogP) is 2.47. The Kier molecular flexibility index (Phi) is 4.24. The van der Waals surface area contributed by atoms with Gasteiger partial charge in [-0.25, -0.2) is 0 Å². The highest BCUT2D eigenvalue weighted by Gasteiger charge is 2.22. The van der Waals surface area contributed by atoms with Crippen LogP contribution in [0, 0.1) is 6.92 Å².